The van der Waals surface area contributed by atoms with Crippen molar-refractivity contribution < 1.29 is 4.74 Å². The first-order valence-electron chi connectivity index (χ1n) is 6.38. The van der Waals surface area contributed by atoms with Crippen LogP contribution in [-0.4, -0.2) is 25.2 Å². The molecule has 1 heterocycles. The fourth-order valence-corrected chi connectivity index (χ4v) is 2.89. The fraction of sp³-hybridized carbons (Fsp3) is 0.400. The topological polar surface area (TPSA) is 34.1 Å². The number of hydrogen-bond acceptors (Lipinski definition) is 4. The fourth-order valence-electron chi connectivity index (χ4n) is 1.97. The van der Waals surface area contributed by atoms with Gasteiger partial charge in [-0.1, -0.05) is 23.5 Å². The third-order valence-corrected chi connectivity index (χ3v) is 4.18. The second kappa shape index (κ2) is 6.17. The highest BCUT2D eigenvalue weighted by Crippen LogP contribution is 2.32. The van der Waals surface area contributed by atoms with Crippen LogP contribution < -0.4 is 5.32 Å². The largest absolute Gasteiger partial charge is 0.383 e. The maximum atomic E-state index is 5.02. The van der Waals surface area contributed by atoms with Gasteiger partial charge in [-0.15, -0.1) is 0 Å². The minimum absolute atomic E-state index is 0.692. The average molecular weight is 276 g/mol. The number of nitrogens with one attached hydrogen (secondary N) is 1. The molecular weight excluding hydrogens is 256 g/mol. The van der Waals surface area contributed by atoms with Crippen LogP contribution in [0.3, 0.4) is 0 Å². The van der Waals surface area contributed by atoms with Crippen LogP contribution in [0.4, 0.5) is 5.13 Å². The summed E-state index contributed by atoms with van der Waals surface area (Å²) in [5, 5.41) is 4.21. The van der Waals surface area contributed by atoms with Crippen LogP contribution in [0.1, 0.15) is 16.7 Å². The zero-order valence-corrected chi connectivity index (χ0v) is 12.7. The van der Waals surface area contributed by atoms with Crippen molar-refractivity contribution in [3.05, 3.63) is 35.0 Å². The Balaban J connectivity index is 2.20. The lowest BCUT2D eigenvalue weighted by Crippen LogP contribution is -2.06. The molecule has 0 unspecified atom stereocenters. The molecule has 2 aromatic rings. The number of aromatic nitrogens is 1. The molecule has 0 spiro atoms. The zero-order chi connectivity index (χ0) is 13.8. The number of benzene rings is 1. The van der Waals surface area contributed by atoms with Gasteiger partial charge in [0.25, 0.3) is 0 Å². The summed E-state index contributed by atoms with van der Waals surface area (Å²) in [7, 11) is 1.70. The smallest absolute Gasteiger partial charge is 0.183 e. The molecule has 0 bridgehead atoms. The van der Waals surface area contributed by atoms with Gasteiger partial charge in [0.1, 0.15) is 0 Å². The summed E-state index contributed by atoms with van der Waals surface area (Å²) in [6, 6.07) is 4.49. The molecule has 0 aliphatic heterocycles. The number of thiazole rings is 1. The van der Waals surface area contributed by atoms with Crippen LogP contribution in [0.25, 0.3) is 10.4 Å². The van der Waals surface area contributed by atoms with E-state index in [0.717, 1.165) is 11.7 Å². The first kappa shape index (κ1) is 14.0. The Morgan fingerprint density at radius 2 is 1.89 bits per heavy atom. The number of hydrogen-bond donors (Lipinski definition) is 1. The molecule has 0 radical (unpaired) electrons. The molecule has 0 fully saturated rings. The molecule has 102 valence electrons. The molecule has 0 aliphatic carbocycles. The molecule has 4 heteroatoms. The van der Waals surface area contributed by atoms with Crippen LogP contribution in [0.15, 0.2) is 18.3 Å². The van der Waals surface area contributed by atoms with Crippen molar-refractivity contribution in [3.63, 3.8) is 0 Å². The van der Waals surface area contributed by atoms with E-state index in [0.29, 0.717) is 6.61 Å². The number of aryl methyl sites for hydroxylation is 3. The van der Waals surface area contributed by atoms with Gasteiger partial charge in [-0.3, -0.25) is 0 Å². The van der Waals surface area contributed by atoms with Gasteiger partial charge in [-0.25, -0.2) is 4.98 Å². The number of methoxy groups -OCH3 is 1. The van der Waals surface area contributed by atoms with Crippen molar-refractivity contribution in [2.45, 2.75) is 20.8 Å². The molecule has 0 saturated heterocycles. The summed E-state index contributed by atoms with van der Waals surface area (Å²) < 4.78 is 5.02. The number of nitrogens with zero attached hydrogens (tertiary/aromatic N) is 1. The second-order valence-corrected chi connectivity index (χ2v) is 5.73. The first-order chi connectivity index (χ1) is 9.11. The van der Waals surface area contributed by atoms with Gasteiger partial charge in [0, 0.05) is 19.9 Å². The highest BCUT2D eigenvalue weighted by molar-refractivity contribution is 7.18. The summed E-state index contributed by atoms with van der Waals surface area (Å²) in [5.41, 5.74) is 5.24. The van der Waals surface area contributed by atoms with Crippen LogP contribution in [0.5, 0.6) is 0 Å². The maximum Gasteiger partial charge on any atom is 0.183 e. The van der Waals surface area contributed by atoms with E-state index in [1.807, 2.05) is 6.20 Å². The summed E-state index contributed by atoms with van der Waals surface area (Å²) in [6.45, 7) is 7.93. The average Bonchev–Trinajstić information content (AvgIpc) is 2.83. The van der Waals surface area contributed by atoms with Gasteiger partial charge < -0.3 is 10.1 Å². The predicted molar refractivity (Wildman–Crippen MR) is 82.1 cm³/mol. The van der Waals surface area contributed by atoms with E-state index in [2.05, 4.69) is 43.2 Å². The van der Waals surface area contributed by atoms with Crippen molar-refractivity contribution in [2.75, 3.05) is 25.6 Å². The van der Waals surface area contributed by atoms with Crippen molar-refractivity contribution in [1.82, 2.24) is 4.98 Å². The monoisotopic (exact) mass is 276 g/mol. The molecule has 0 amide bonds. The zero-order valence-electron chi connectivity index (χ0n) is 11.9. The van der Waals surface area contributed by atoms with Crippen LogP contribution in [0.2, 0.25) is 0 Å². The Kier molecular flexibility index (Phi) is 4.56. The highest BCUT2D eigenvalue weighted by atomic mass is 32.1. The van der Waals surface area contributed by atoms with Crippen molar-refractivity contribution in [1.29, 1.82) is 0 Å². The Bertz CT molecular complexity index is 563. The lowest BCUT2D eigenvalue weighted by Gasteiger charge is -2.07. The molecule has 0 aliphatic rings. The van der Waals surface area contributed by atoms with E-state index in [9.17, 15) is 0 Å². The molecule has 0 saturated carbocycles. The third-order valence-electron chi connectivity index (χ3n) is 3.19. The molecule has 1 aromatic heterocycles. The SMILES string of the molecule is COCCNc1ncc(-c2cc(C)c(C)cc2C)s1. The quantitative estimate of drug-likeness (QED) is 0.844. The van der Waals surface area contributed by atoms with E-state index >= 15 is 0 Å². The summed E-state index contributed by atoms with van der Waals surface area (Å²) in [6.07, 6.45) is 1.94. The standard InChI is InChI=1S/C15H20N2OS/c1-10-7-12(3)13(8-11(10)2)14-9-17-15(19-14)16-5-6-18-4/h7-9H,5-6H2,1-4H3,(H,16,17). The van der Waals surface area contributed by atoms with Crippen molar-refractivity contribution >= 4 is 16.5 Å². The highest BCUT2D eigenvalue weighted by Gasteiger charge is 2.08. The minimum Gasteiger partial charge on any atom is -0.383 e. The summed E-state index contributed by atoms with van der Waals surface area (Å²) in [5.74, 6) is 0. The molecule has 3 nitrogen and oxygen atoms in total. The molecule has 1 aromatic carbocycles. The molecule has 0 atom stereocenters. The van der Waals surface area contributed by atoms with Crippen LogP contribution in [0, 0.1) is 20.8 Å². The van der Waals surface area contributed by atoms with Gasteiger partial charge in [0.15, 0.2) is 5.13 Å². The van der Waals surface area contributed by atoms with Gasteiger partial charge in [-0.05, 0) is 43.0 Å². The Morgan fingerprint density at radius 1 is 1.16 bits per heavy atom. The molecule has 19 heavy (non-hydrogen) atoms. The van der Waals surface area contributed by atoms with E-state index in [1.54, 1.807) is 18.4 Å². The van der Waals surface area contributed by atoms with E-state index in [1.165, 1.54) is 27.1 Å². The van der Waals surface area contributed by atoms with Crippen molar-refractivity contribution in [3.8, 4) is 10.4 Å². The van der Waals surface area contributed by atoms with Gasteiger partial charge in [-0.2, -0.15) is 0 Å². The minimum atomic E-state index is 0.692. The van der Waals surface area contributed by atoms with Crippen molar-refractivity contribution in [2.24, 2.45) is 0 Å². The first-order valence-corrected chi connectivity index (χ1v) is 7.20. The van der Waals surface area contributed by atoms with Gasteiger partial charge in [0.2, 0.25) is 0 Å². The molecular formula is C15H20N2OS. The summed E-state index contributed by atoms with van der Waals surface area (Å²) >= 11 is 1.69. The third kappa shape index (κ3) is 3.33. The predicted octanol–water partition coefficient (Wildman–Crippen LogP) is 3.79. The molecule has 1 N–H and O–H groups in total. The molecule has 2 rings (SSSR count). The van der Waals surface area contributed by atoms with E-state index in [4.69, 9.17) is 4.74 Å². The van der Waals surface area contributed by atoms with E-state index in [-0.39, 0.29) is 0 Å². The Labute approximate surface area is 118 Å². The number of ether oxygens (including phenoxy) is 1. The second-order valence-electron chi connectivity index (χ2n) is 4.70. The number of rotatable bonds is 5. The lowest BCUT2D eigenvalue weighted by atomic mass is 10.0. The van der Waals surface area contributed by atoms with E-state index < -0.39 is 0 Å². The van der Waals surface area contributed by atoms with Crippen LogP contribution >= 0.6 is 11.3 Å². The van der Waals surface area contributed by atoms with Gasteiger partial charge >= 0.3 is 0 Å². The van der Waals surface area contributed by atoms with Gasteiger partial charge in [0.05, 0.1) is 11.5 Å². The Hall–Kier alpha value is -1.39. The maximum absolute atomic E-state index is 5.02. The Morgan fingerprint density at radius 3 is 2.63 bits per heavy atom. The van der Waals surface area contributed by atoms with Crippen LogP contribution in [-0.2, 0) is 4.74 Å². The normalized spacial score (nSPS) is 10.7. The number of anilines is 1. The lowest BCUT2D eigenvalue weighted by molar-refractivity contribution is 0.211. The summed E-state index contributed by atoms with van der Waals surface area (Å²) in [4.78, 5) is 5.62.